The fourth-order valence-corrected chi connectivity index (χ4v) is 3.05. The van der Waals surface area contributed by atoms with E-state index in [0.29, 0.717) is 13.0 Å². The van der Waals surface area contributed by atoms with Crippen molar-refractivity contribution < 1.29 is 19.4 Å². The first-order valence-electron chi connectivity index (χ1n) is 8.56. The van der Waals surface area contributed by atoms with Crippen LogP contribution in [0.5, 0.6) is 5.75 Å². The van der Waals surface area contributed by atoms with Crippen LogP contribution in [0.3, 0.4) is 0 Å². The fraction of sp³-hybridized carbons (Fsp3) is 0.238. The van der Waals surface area contributed by atoms with Crippen molar-refractivity contribution in [1.29, 1.82) is 0 Å². The average Bonchev–Trinajstić information content (AvgIpc) is 3.38. The number of ether oxygens (including phenoxy) is 1. The van der Waals surface area contributed by atoms with Crippen LogP contribution >= 0.6 is 0 Å². The Morgan fingerprint density at radius 2 is 1.88 bits per heavy atom. The van der Waals surface area contributed by atoms with Crippen molar-refractivity contribution in [3.05, 3.63) is 71.8 Å². The second-order valence-electron chi connectivity index (χ2n) is 6.27. The molecule has 0 heterocycles. The molecule has 2 unspecified atom stereocenters. The Kier molecular flexibility index (Phi) is 5.07. The lowest BCUT2D eigenvalue weighted by molar-refractivity contribution is -0.142. The molecule has 1 fully saturated rings. The third kappa shape index (κ3) is 3.77. The molecule has 0 aliphatic heterocycles. The quantitative estimate of drug-likeness (QED) is 0.751. The van der Waals surface area contributed by atoms with Gasteiger partial charge in [0.25, 0.3) is 0 Å². The summed E-state index contributed by atoms with van der Waals surface area (Å²) in [5.41, 5.74) is 0.538. The minimum absolute atomic E-state index is 0.205. The Hall–Kier alpha value is -3.08. The second-order valence-corrected chi connectivity index (χ2v) is 6.27. The number of aliphatic carboxylic acids is 1. The highest BCUT2D eigenvalue weighted by Gasteiger charge is 2.62. The molecule has 2 aromatic carbocycles. The number of carbonyl (C=O) groups excluding carboxylic acids is 1. The number of rotatable bonds is 7. The van der Waals surface area contributed by atoms with Gasteiger partial charge >= 0.3 is 5.97 Å². The summed E-state index contributed by atoms with van der Waals surface area (Å²) in [4.78, 5) is 24.0. The molecule has 0 spiro atoms. The Morgan fingerprint density at radius 1 is 1.19 bits per heavy atom. The van der Waals surface area contributed by atoms with Crippen molar-refractivity contribution in [2.45, 2.75) is 24.8 Å². The van der Waals surface area contributed by atoms with Crippen molar-refractivity contribution >= 4 is 18.0 Å². The maximum absolute atomic E-state index is 12.2. The Morgan fingerprint density at radius 3 is 2.50 bits per heavy atom. The molecule has 5 heteroatoms. The molecule has 1 aliphatic carbocycles. The summed E-state index contributed by atoms with van der Waals surface area (Å²) in [7, 11) is 0. The molecule has 0 radical (unpaired) electrons. The second kappa shape index (κ2) is 7.44. The van der Waals surface area contributed by atoms with Gasteiger partial charge < -0.3 is 15.2 Å². The molecule has 1 aliphatic rings. The number of nitrogens with one attached hydrogen (secondary N) is 1. The number of amides is 1. The van der Waals surface area contributed by atoms with Crippen molar-refractivity contribution in [2.75, 3.05) is 6.61 Å². The molecule has 0 bridgehead atoms. The van der Waals surface area contributed by atoms with Gasteiger partial charge in [-0.15, -0.1) is 0 Å². The van der Waals surface area contributed by atoms with Crippen LogP contribution in [-0.2, 0) is 9.59 Å². The van der Waals surface area contributed by atoms with Crippen molar-refractivity contribution in [2.24, 2.45) is 0 Å². The third-order valence-electron chi connectivity index (χ3n) is 4.51. The summed E-state index contributed by atoms with van der Waals surface area (Å²) in [6, 6.07) is 16.7. The van der Waals surface area contributed by atoms with Gasteiger partial charge in [-0.2, -0.15) is 0 Å². The zero-order valence-corrected chi connectivity index (χ0v) is 14.5. The van der Waals surface area contributed by atoms with Crippen LogP contribution < -0.4 is 10.1 Å². The average molecular weight is 351 g/mol. The highest BCUT2D eigenvalue weighted by atomic mass is 16.5. The summed E-state index contributed by atoms with van der Waals surface area (Å²) < 4.78 is 5.37. The normalized spacial score (nSPS) is 21.3. The van der Waals surface area contributed by atoms with Crippen LogP contribution in [0.25, 0.3) is 6.08 Å². The molecule has 1 amide bonds. The molecule has 0 saturated heterocycles. The molecule has 0 aromatic heterocycles. The number of hydrogen-bond donors (Lipinski definition) is 2. The third-order valence-corrected chi connectivity index (χ3v) is 4.51. The van der Waals surface area contributed by atoms with Crippen molar-refractivity contribution in [3.63, 3.8) is 0 Å². The van der Waals surface area contributed by atoms with Gasteiger partial charge in [0.05, 0.1) is 6.61 Å². The summed E-state index contributed by atoms with van der Waals surface area (Å²) in [5.74, 6) is -0.861. The zero-order valence-electron chi connectivity index (χ0n) is 14.5. The summed E-state index contributed by atoms with van der Waals surface area (Å²) in [6.45, 7) is 2.51. The van der Waals surface area contributed by atoms with Gasteiger partial charge in [0, 0.05) is 12.0 Å². The minimum atomic E-state index is -1.22. The lowest BCUT2D eigenvalue weighted by Gasteiger charge is -2.13. The first-order chi connectivity index (χ1) is 12.5. The van der Waals surface area contributed by atoms with E-state index in [1.165, 1.54) is 6.08 Å². The lowest BCUT2D eigenvalue weighted by atomic mass is 10.1. The number of hydrogen-bond acceptors (Lipinski definition) is 3. The molecule has 2 aromatic rings. The van der Waals surface area contributed by atoms with Crippen molar-refractivity contribution in [1.82, 2.24) is 5.32 Å². The first-order valence-corrected chi connectivity index (χ1v) is 8.56. The topological polar surface area (TPSA) is 75.6 Å². The number of carboxylic acids is 1. The summed E-state index contributed by atoms with van der Waals surface area (Å²) in [5, 5.41) is 12.3. The van der Waals surface area contributed by atoms with Crippen LogP contribution in [0, 0.1) is 0 Å². The highest BCUT2D eigenvalue weighted by Crippen LogP contribution is 2.51. The van der Waals surface area contributed by atoms with Gasteiger partial charge in [-0.25, -0.2) is 4.79 Å². The maximum atomic E-state index is 12.2. The van der Waals surface area contributed by atoms with Gasteiger partial charge in [0.15, 0.2) is 0 Å². The van der Waals surface area contributed by atoms with E-state index in [2.05, 4.69) is 5.32 Å². The minimum Gasteiger partial charge on any atom is -0.494 e. The van der Waals surface area contributed by atoms with Crippen LogP contribution in [0.1, 0.15) is 30.4 Å². The smallest absolute Gasteiger partial charge is 0.330 e. The van der Waals surface area contributed by atoms with E-state index in [1.807, 2.05) is 61.5 Å². The van der Waals surface area contributed by atoms with Gasteiger partial charge in [0.1, 0.15) is 11.3 Å². The van der Waals surface area contributed by atoms with E-state index in [-0.39, 0.29) is 5.92 Å². The first kappa shape index (κ1) is 17.7. The Bertz CT molecular complexity index is 814. The number of carbonyl (C=O) groups is 2. The van der Waals surface area contributed by atoms with E-state index in [1.54, 1.807) is 6.08 Å². The summed E-state index contributed by atoms with van der Waals surface area (Å²) in [6.07, 6.45) is 3.41. The van der Waals surface area contributed by atoms with Gasteiger partial charge in [-0.05, 0) is 42.7 Å². The van der Waals surface area contributed by atoms with E-state index in [4.69, 9.17) is 4.74 Å². The van der Waals surface area contributed by atoms with E-state index < -0.39 is 17.4 Å². The van der Waals surface area contributed by atoms with Crippen molar-refractivity contribution in [3.8, 4) is 5.75 Å². The predicted octanol–water partition coefficient (Wildman–Crippen LogP) is 3.23. The molecule has 2 atom stereocenters. The highest BCUT2D eigenvalue weighted by molar-refractivity contribution is 5.98. The predicted molar refractivity (Wildman–Crippen MR) is 99.0 cm³/mol. The summed E-state index contributed by atoms with van der Waals surface area (Å²) >= 11 is 0. The fourth-order valence-electron chi connectivity index (χ4n) is 3.05. The number of carboxylic acid groups (broad SMARTS) is 1. The number of benzene rings is 2. The Balaban J connectivity index is 1.65. The van der Waals surface area contributed by atoms with E-state index in [0.717, 1.165) is 16.9 Å². The zero-order chi connectivity index (χ0) is 18.6. The molecule has 26 heavy (non-hydrogen) atoms. The van der Waals surface area contributed by atoms with E-state index >= 15 is 0 Å². The molecule has 1 saturated carbocycles. The monoisotopic (exact) mass is 351 g/mol. The lowest BCUT2D eigenvalue weighted by Crippen LogP contribution is -2.43. The standard InChI is InChI=1S/C21H21NO4/c1-2-26-17-11-8-15(9-12-17)10-13-19(23)22-21(20(24)25)14-18(21)16-6-4-3-5-7-16/h3-13,18H,2,14H2,1H3,(H,22,23)(H,24,25)/b13-10+. The molecule has 2 N–H and O–H groups in total. The maximum Gasteiger partial charge on any atom is 0.330 e. The molecular formula is C21H21NO4. The molecule has 134 valence electrons. The van der Waals surface area contributed by atoms with Gasteiger partial charge in [0.2, 0.25) is 5.91 Å². The Labute approximate surface area is 152 Å². The van der Waals surface area contributed by atoms with Gasteiger partial charge in [-0.1, -0.05) is 42.5 Å². The largest absolute Gasteiger partial charge is 0.494 e. The van der Waals surface area contributed by atoms with Gasteiger partial charge in [-0.3, -0.25) is 4.79 Å². The molecular weight excluding hydrogens is 330 g/mol. The molecule has 5 nitrogen and oxygen atoms in total. The SMILES string of the molecule is CCOc1ccc(/C=C/C(=O)NC2(C(=O)O)CC2c2ccccc2)cc1. The molecule has 3 rings (SSSR count). The van der Waals surface area contributed by atoms with Crippen LogP contribution in [0.15, 0.2) is 60.7 Å². The van der Waals surface area contributed by atoms with E-state index in [9.17, 15) is 14.7 Å². The van der Waals surface area contributed by atoms with Crippen LogP contribution in [0.4, 0.5) is 0 Å². The van der Waals surface area contributed by atoms with Crippen LogP contribution in [-0.4, -0.2) is 29.1 Å². The van der Waals surface area contributed by atoms with Crippen LogP contribution in [0.2, 0.25) is 0 Å².